The van der Waals surface area contributed by atoms with Crippen molar-refractivity contribution in [3.05, 3.63) is 130 Å². The number of aryl methyl sites for hydroxylation is 4. The molecule has 4 aromatic rings. The van der Waals surface area contributed by atoms with Gasteiger partial charge in [0.15, 0.2) is 0 Å². The first-order chi connectivity index (χ1) is 29.0. The van der Waals surface area contributed by atoms with E-state index >= 15 is 0 Å². The van der Waals surface area contributed by atoms with Crippen molar-refractivity contribution in [1.82, 2.24) is 0 Å². The summed E-state index contributed by atoms with van der Waals surface area (Å²) in [6, 6.07) is 41.9. The summed E-state index contributed by atoms with van der Waals surface area (Å²) >= 11 is 0. The van der Waals surface area contributed by atoms with Crippen LogP contribution in [0.5, 0.6) is 0 Å². The first-order valence-corrected chi connectivity index (χ1v) is 17.1. The van der Waals surface area contributed by atoms with Crippen LogP contribution in [0.25, 0.3) is 10.9 Å². The Kier molecular flexibility index (Phi) is 61.5. The van der Waals surface area contributed by atoms with E-state index in [0.717, 1.165) is 22.7 Å². The van der Waals surface area contributed by atoms with Crippen LogP contribution in [0.15, 0.2) is 118 Å². The maximum absolute atomic E-state index is 9.75. The molecule has 12 nitrogen and oxygen atoms in total. The average molecular weight is 1070 g/mol. The van der Waals surface area contributed by atoms with E-state index in [2.05, 4.69) is 31.5 Å². The normalized spacial score (nSPS) is 8.31. The van der Waals surface area contributed by atoms with Crippen molar-refractivity contribution in [2.45, 2.75) is 69.2 Å². The van der Waals surface area contributed by atoms with Crippen molar-refractivity contribution in [3.63, 3.8) is 0 Å². The molecule has 346 valence electrons. The third kappa shape index (κ3) is 79.6. The Bertz CT molecular complexity index is 1780. The summed E-state index contributed by atoms with van der Waals surface area (Å²) in [7, 11) is -12.0. The smallest absolute Gasteiger partial charge is 0.418 e. The maximum atomic E-state index is 9.75. The van der Waals surface area contributed by atoms with Gasteiger partial charge in [-0.3, -0.25) is 10.4 Å². The summed E-state index contributed by atoms with van der Waals surface area (Å²) in [6.07, 6.45) is 0. The van der Waals surface area contributed by atoms with Gasteiger partial charge in [0.2, 0.25) is 0 Å². The van der Waals surface area contributed by atoms with E-state index in [0.29, 0.717) is 0 Å². The predicted octanol–water partition coefficient (Wildman–Crippen LogP) is 15.8. The Morgan fingerprint density at radius 1 is 0.359 bits per heavy atom. The minimum atomic E-state index is -6.00. The molecule has 0 fully saturated rings. The number of nitriles is 6. The van der Waals surface area contributed by atoms with Gasteiger partial charge in [0.25, 0.3) is 0 Å². The third-order valence-electron chi connectivity index (χ3n) is 4.78. The summed E-state index contributed by atoms with van der Waals surface area (Å²) < 4.78 is 78.0. The van der Waals surface area contributed by atoms with Crippen LogP contribution in [0.3, 0.4) is 0 Å². The van der Waals surface area contributed by atoms with Crippen LogP contribution >= 0.6 is 0 Å². The molecule has 4 aromatic carbocycles. The minimum absolute atomic E-state index is 0. The first kappa shape index (κ1) is 74.9. The fourth-order valence-electron chi connectivity index (χ4n) is 2.70. The van der Waals surface area contributed by atoms with Crippen molar-refractivity contribution in [1.29, 1.82) is 31.6 Å². The van der Waals surface area contributed by atoms with Gasteiger partial charge in [0.1, 0.15) is 0 Å². The van der Waals surface area contributed by atoms with E-state index in [1.54, 1.807) is 36.4 Å². The number of nitrogens with zero attached hydrogens (tertiary/aromatic N) is 12. The standard InChI is InChI=1S/2C14H14N3.6C2H3N.2BF4.2Rh/c2*1-11-3-7-13(8-4-11)15-17-16-14-9-5-12(2)6-10-14;6*1-2-3;2*2-1(3,4)5;;/h2*3-10H,1-2H3;6*1H3;;;;/q2*-1;;;;;;;2*-1;2*+2. The monoisotopic (exact) mass is 1070 g/mol. The number of benzene rings is 4. The molecule has 4 rings (SSSR count). The number of hydrogen-bond acceptors (Lipinski definition) is 10. The summed E-state index contributed by atoms with van der Waals surface area (Å²) in [6.45, 7) is 16.7. The molecule has 2 radical (unpaired) electrons. The van der Waals surface area contributed by atoms with Gasteiger partial charge in [-0.2, -0.15) is 31.6 Å². The zero-order chi connectivity index (χ0) is 49.4. The van der Waals surface area contributed by atoms with Crippen LogP contribution in [-0.4, -0.2) is 14.5 Å². The molecule has 0 aliphatic carbocycles. The average Bonchev–Trinajstić information content (AvgIpc) is 3.16. The van der Waals surface area contributed by atoms with Gasteiger partial charge in [-0.1, -0.05) is 119 Å². The zero-order valence-corrected chi connectivity index (χ0v) is 39.7. The molecule has 0 aromatic heterocycles. The van der Waals surface area contributed by atoms with E-state index in [4.69, 9.17) is 31.6 Å². The van der Waals surface area contributed by atoms with Gasteiger partial charge < -0.3 is 55.6 Å². The van der Waals surface area contributed by atoms with Crippen LogP contribution in [0.1, 0.15) is 63.8 Å². The molecule has 0 saturated carbocycles. The van der Waals surface area contributed by atoms with Gasteiger partial charge in [0, 0.05) is 41.5 Å². The van der Waals surface area contributed by atoms with Crippen molar-refractivity contribution in [3.8, 4) is 36.4 Å². The Morgan fingerprint density at radius 2 is 0.500 bits per heavy atom. The summed E-state index contributed by atoms with van der Waals surface area (Å²) in [5.74, 6) is 0. The van der Waals surface area contributed by atoms with Gasteiger partial charge in [0.05, 0.1) is 36.4 Å². The second-order valence-corrected chi connectivity index (χ2v) is 10.3. The van der Waals surface area contributed by atoms with Crippen LogP contribution in [0.4, 0.5) is 57.3 Å². The molecule has 0 bridgehead atoms. The van der Waals surface area contributed by atoms with E-state index in [1.807, 2.05) is 125 Å². The molecule has 0 saturated heterocycles. The number of hydrogen-bond donors (Lipinski definition) is 0. The molecule has 0 heterocycles. The molecular weight excluding hydrogens is 1030 g/mol. The molecule has 64 heavy (non-hydrogen) atoms. The molecule has 0 atom stereocenters. The van der Waals surface area contributed by atoms with Crippen LogP contribution < -0.4 is 0 Å². The largest absolute Gasteiger partial charge is 2.00 e. The van der Waals surface area contributed by atoms with Gasteiger partial charge in [-0.05, 0) is 50.4 Å². The third-order valence-corrected chi connectivity index (χ3v) is 4.78. The molecular formula is C40H46B2F8N12Rh2. The van der Waals surface area contributed by atoms with Gasteiger partial charge in [-0.25, -0.2) is 0 Å². The summed E-state index contributed by atoms with van der Waals surface area (Å²) in [4.78, 5) is 0. The minimum Gasteiger partial charge on any atom is -0.418 e. The molecule has 0 N–H and O–H groups in total. The van der Waals surface area contributed by atoms with E-state index in [9.17, 15) is 34.5 Å². The fourth-order valence-corrected chi connectivity index (χ4v) is 2.70. The van der Waals surface area contributed by atoms with Crippen molar-refractivity contribution in [2.24, 2.45) is 20.7 Å². The summed E-state index contributed by atoms with van der Waals surface area (Å²) in [5, 5.41) is 59.6. The zero-order valence-electron chi connectivity index (χ0n) is 36.4. The summed E-state index contributed by atoms with van der Waals surface area (Å²) in [5.41, 5.74) is 16.1. The molecule has 0 aliphatic rings. The molecule has 0 aliphatic heterocycles. The Hall–Kier alpha value is -6.56. The number of rotatable bonds is 6. The molecule has 0 unspecified atom stereocenters. The fraction of sp³-hybridized carbons (Fsp3) is 0.250. The van der Waals surface area contributed by atoms with E-state index in [-0.39, 0.29) is 39.0 Å². The van der Waals surface area contributed by atoms with Gasteiger partial charge in [-0.15, -0.1) is 0 Å². The second kappa shape index (κ2) is 52.6. The molecule has 0 amide bonds. The van der Waals surface area contributed by atoms with Crippen LogP contribution in [0.2, 0.25) is 0 Å². The van der Waals surface area contributed by atoms with E-state index < -0.39 is 14.5 Å². The van der Waals surface area contributed by atoms with Gasteiger partial charge >= 0.3 is 53.5 Å². The SMILES string of the molecule is CC#N.CC#N.CC#N.CC#N.CC#N.CC#N.Cc1ccc(N=N[N-]c2ccc(C)cc2)cc1.Cc1ccc(N=N[N-]c2ccc(C)cc2)cc1.F[B-](F)(F)F.F[B-](F)(F)F.[Rh+2].[Rh+2]. The van der Waals surface area contributed by atoms with Crippen molar-refractivity contribution >= 4 is 37.3 Å². The first-order valence-electron chi connectivity index (χ1n) is 17.1. The predicted molar refractivity (Wildman–Crippen MR) is 228 cm³/mol. The van der Waals surface area contributed by atoms with Crippen molar-refractivity contribution < 1.29 is 73.5 Å². The topological polar surface area (TPSA) is 220 Å². The Labute approximate surface area is 397 Å². The second-order valence-electron chi connectivity index (χ2n) is 10.3. The molecule has 0 spiro atoms. The Morgan fingerprint density at radius 3 is 0.656 bits per heavy atom. The number of halogens is 8. The quantitative estimate of drug-likeness (QED) is 0.0790. The Balaban J connectivity index is -0.000000103. The van der Waals surface area contributed by atoms with E-state index in [1.165, 1.54) is 63.8 Å². The molecule has 24 heteroatoms. The van der Waals surface area contributed by atoms with Crippen LogP contribution in [-0.2, 0) is 39.0 Å². The maximum Gasteiger partial charge on any atom is 2.00 e. The van der Waals surface area contributed by atoms with Crippen LogP contribution in [0, 0.1) is 95.7 Å². The van der Waals surface area contributed by atoms with Crippen molar-refractivity contribution in [2.75, 3.05) is 0 Å².